The number of fused-ring (bicyclic) bond motifs is 1. The van der Waals surface area contributed by atoms with Crippen LogP contribution in [0.2, 0.25) is 0 Å². The van der Waals surface area contributed by atoms with Gasteiger partial charge in [-0.05, 0) is 17.9 Å². The van der Waals surface area contributed by atoms with Gasteiger partial charge in [0, 0.05) is 12.5 Å². The maximum atomic E-state index is 5.89. The molecule has 3 rings (SSSR count). The lowest BCUT2D eigenvalue weighted by Crippen LogP contribution is -2.24. The molecule has 1 aliphatic rings. The van der Waals surface area contributed by atoms with Crippen LogP contribution in [0.3, 0.4) is 0 Å². The van der Waals surface area contributed by atoms with Crippen LogP contribution >= 0.6 is 11.8 Å². The van der Waals surface area contributed by atoms with Crippen LogP contribution < -0.4 is 21.3 Å². The van der Waals surface area contributed by atoms with Gasteiger partial charge in [0.15, 0.2) is 5.16 Å². The van der Waals surface area contributed by atoms with Gasteiger partial charge in [-0.3, -0.25) is 0 Å². The Morgan fingerprint density at radius 2 is 2.14 bits per heavy atom. The molecule has 110 valence electrons. The lowest BCUT2D eigenvalue weighted by atomic mass is 10.1. The van der Waals surface area contributed by atoms with E-state index in [-0.39, 0.29) is 6.10 Å². The zero-order chi connectivity index (χ0) is 14.7. The van der Waals surface area contributed by atoms with E-state index >= 15 is 0 Å². The lowest BCUT2D eigenvalue weighted by Gasteiger charge is -2.13. The maximum Gasteiger partial charge on any atom is 0.191 e. The third kappa shape index (κ3) is 3.20. The summed E-state index contributed by atoms with van der Waals surface area (Å²) in [6.45, 7) is 0.684. The molecule has 0 bridgehead atoms. The number of anilines is 2. The summed E-state index contributed by atoms with van der Waals surface area (Å²) in [6.07, 6.45) is 2.95. The summed E-state index contributed by atoms with van der Waals surface area (Å²) in [5, 5.41) is 3.96. The Kier molecular flexibility index (Phi) is 4.12. The Morgan fingerprint density at radius 1 is 1.33 bits per heavy atom. The zero-order valence-electron chi connectivity index (χ0n) is 11.7. The van der Waals surface area contributed by atoms with Crippen LogP contribution in [-0.4, -0.2) is 28.9 Å². The van der Waals surface area contributed by atoms with E-state index in [1.54, 1.807) is 6.07 Å². The minimum absolute atomic E-state index is 0.115. The number of para-hydroxylation sites is 1. The first-order valence-corrected chi connectivity index (χ1v) is 7.89. The molecule has 1 aromatic heterocycles. The van der Waals surface area contributed by atoms with Gasteiger partial charge in [0.25, 0.3) is 0 Å². The van der Waals surface area contributed by atoms with Crippen molar-refractivity contribution in [3.8, 4) is 5.75 Å². The molecule has 0 amide bonds. The van der Waals surface area contributed by atoms with Crippen LogP contribution in [0.5, 0.6) is 5.75 Å². The van der Waals surface area contributed by atoms with E-state index in [4.69, 9.17) is 10.6 Å². The predicted molar refractivity (Wildman–Crippen MR) is 84.7 cm³/mol. The van der Waals surface area contributed by atoms with Crippen molar-refractivity contribution in [3.05, 3.63) is 35.9 Å². The van der Waals surface area contributed by atoms with E-state index in [2.05, 4.69) is 26.8 Å². The number of nitrogens with one attached hydrogen (secondary N) is 2. The molecule has 0 saturated heterocycles. The average Bonchev–Trinajstić information content (AvgIpc) is 2.95. The molecule has 0 fully saturated rings. The largest absolute Gasteiger partial charge is 0.488 e. The number of benzene rings is 1. The van der Waals surface area contributed by atoms with E-state index in [0.717, 1.165) is 18.0 Å². The van der Waals surface area contributed by atoms with Crippen molar-refractivity contribution >= 4 is 23.4 Å². The van der Waals surface area contributed by atoms with Gasteiger partial charge in [0.1, 0.15) is 23.5 Å². The summed E-state index contributed by atoms with van der Waals surface area (Å²) in [4.78, 5) is 8.63. The summed E-state index contributed by atoms with van der Waals surface area (Å²) in [7, 11) is 0. The highest BCUT2D eigenvalue weighted by Gasteiger charge is 2.22. The van der Waals surface area contributed by atoms with Gasteiger partial charge >= 0.3 is 0 Å². The van der Waals surface area contributed by atoms with E-state index in [0.29, 0.717) is 17.5 Å². The molecule has 2 aromatic rings. The van der Waals surface area contributed by atoms with Gasteiger partial charge in [-0.2, -0.15) is 0 Å². The van der Waals surface area contributed by atoms with Crippen molar-refractivity contribution in [2.45, 2.75) is 17.7 Å². The molecule has 0 aliphatic carbocycles. The molecule has 1 aromatic carbocycles. The molecule has 2 heterocycles. The Labute approximate surface area is 127 Å². The van der Waals surface area contributed by atoms with E-state index in [1.165, 1.54) is 17.3 Å². The molecule has 21 heavy (non-hydrogen) atoms. The van der Waals surface area contributed by atoms with Gasteiger partial charge in [-0.1, -0.05) is 30.0 Å². The van der Waals surface area contributed by atoms with Crippen LogP contribution in [0.25, 0.3) is 0 Å². The third-order valence-corrected chi connectivity index (χ3v) is 3.81. The SMILES string of the molecule is CSc1nc(NN)cc(NCC2Cc3ccccc3O2)n1. The number of hydrogen-bond donors (Lipinski definition) is 3. The van der Waals surface area contributed by atoms with Crippen LogP contribution in [0.15, 0.2) is 35.5 Å². The number of rotatable bonds is 5. The van der Waals surface area contributed by atoms with Crippen LogP contribution in [0.1, 0.15) is 5.56 Å². The molecular weight excluding hydrogens is 286 g/mol. The first-order chi connectivity index (χ1) is 10.3. The van der Waals surface area contributed by atoms with E-state index in [9.17, 15) is 0 Å². The number of nitrogens with zero attached hydrogens (tertiary/aromatic N) is 2. The fourth-order valence-corrected chi connectivity index (χ4v) is 2.65. The first kappa shape index (κ1) is 14.0. The van der Waals surface area contributed by atoms with Crippen molar-refractivity contribution in [1.82, 2.24) is 9.97 Å². The number of nitrogen functional groups attached to an aromatic ring is 1. The number of aromatic nitrogens is 2. The summed E-state index contributed by atoms with van der Waals surface area (Å²) >= 11 is 1.47. The standard InChI is InChI=1S/C14H17N5OS/c1-21-14-17-12(7-13(18-14)19-15)16-8-10-6-9-4-2-3-5-11(9)20-10/h2-5,7,10H,6,8,15H2,1H3,(H2,16,17,18,19). The van der Waals surface area contributed by atoms with Crippen LogP contribution in [-0.2, 0) is 6.42 Å². The average molecular weight is 303 g/mol. The topological polar surface area (TPSA) is 85.1 Å². The highest BCUT2D eigenvalue weighted by molar-refractivity contribution is 7.98. The smallest absolute Gasteiger partial charge is 0.191 e. The van der Waals surface area contributed by atoms with Crippen LogP contribution in [0.4, 0.5) is 11.6 Å². The molecule has 0 radical (unpaired) electrons. The fourth-order valence-electron chi connectivity index (χ4n) is 2.27. The predicted octanol–water partition coefficient (Wildman–Crippen LogP) is 1.90. The van der Waals surface area contributed by atoms with Gasteiger partial charge in [-0.15, -0.1) is 0 Å². The quantitative estimate of drug-likeness (QED) is 0.337. The van der Waals surface area contributed by atoms with E-state index in [1.807, 2.05) is 24.5 Å². The normalized spacial score (nSPS) is 16.2. The molecule has 4 N–H and O–H groups in total. The van der Waals surface area contributed by atoms with Crippen LogP contribution in [0, 0.1) is 0 Å². The number of thioether (sulfide) groups is 1. The minimum Gasteiger partial charge on any atom is -0.488 e. The Bertz CT molecular complexity index is 589. The molecule has 1 atom stereocenters. The Balaban J connectivity index is 1.64. The molecule has 6 nitrogen and oxygen atoms in total. The Hall–Kier alpha value is -1.99. The molecular formula is C14H17N5OS. The zero-order valence-corrected chi connectivity index (χ0v) is 12.5. The third-order valence-electron chi connectivity index (χ3n) is 3.26. The van der Waals surface area contributed by atoms with E-state index < -0.39 is 0 Å². The van der Waals surface area contributed by atoms with Crippen molar-refractivity contribution in [3.63, 3.8) is 0 Å². The van der Waals surface area contributed by atoms with Crippen molar-refractivity contribution in [1.29, 1.82) is 0 Å². The fraction of sp³-hybridized carbons (Fsp3) is 0.286. The number of ether oxygens (including phenoxy) is 1. The summed E-state index contributed by atoms with van der Waals surface area (Å²) in [5.74, 6) is 7.72. The summed E-state index contributed by atoms with van der Waals surface area (Å²) < 4.78 is 5.89. The second-order valence-corrected chi connectivity index (χ2v) is 5.48. The molecule has 0 saturated carbocycles. The summed E-state index contributed by atoms with van der Waals surface area (Å²) in [5.41, 5.74) is 3.80. The highest BCUT2D eigenvalue weighted by atomic mass is 32.2. The minimum atomic E-state index is 0.115. The first-order valence-electron chi connectivity index (χ1n) is 6.66. The number of hydrogen-bond acceptors (Lipinski definition) is 7. The second-order valence-electron chi connectivity index (χ2n) is 4.70. The second kappa shape index (κ2) is 6.19. The van der Waals surface area contributed by atoms with Crippen molar-refractivity contribution in [2.24, 2.45) is 5.84 Å². The monoisotopic (exact) mass is 303 g/mol. The maximum absolute atomic E-state index is 5.89. The highest BCUT2D eigenvalue weighted by Crippen LogP contribution is 2.28. The van der Waals surface area contributed by atoms with Crippen molar-refractivity contribution in [2.75, 3.05) is 23.5 Å². The van der Waals surface area contributed by atoms with Crippen molar-refractivity contribution < 1.29 is 4.74 Å². The molecule has 1 aliphatic heterocycles. The van der Waals surface area contributed by atoms with Gasteiger partial charge in [0.05, 0.1) is 6.54 Å². The summed E-state index contributed by atoms with van der Waals surface area (Å²) in [6, 6.07) is 9.90. The molecule has 1 unspecified atom stereocenters. The van der Waals surface area contributed by atoms with Gasteiger partial charge < -0.3 is 15.5 Å². The lowest BCUT2D eigenvalue weighted by molar-refractivity contribution is 0.246. The number of hydrazine groups is 1. The number of nitrogens with two attached hydrogens (primary N) is 1. The molecule has 0 spiro atoms. The van der Waals surface area contributed by atoms with Gasteiger partial charge in [0.2, 0.25) is 0 Å². The molecule has 7 heteroatoms. The Morgan fingerprint density at radius 3 is 2.90 bits per heavy atom. The van der Waals surface area contributed by atoms with Gasteiger partial charge in [-0.25, -0.2) is 15.8 Å².